The van der Waals surface area contributed by atoms with E-state index in [9.17, 15) is 14.7 Å². The highest BCUT2D eigenvalue weighted by Crippen LogP contribution is 2.30. The second-order valence-corrected chi connectivity index (χ2v) is 5.84. The van der Waals surface area contributed by atoms with E-state index in [-0.39, 0.29) is 27.9 Å². The van der Waals surface area contributed by atoms with Crippen LogP contribution in [0.1, 0.15) is 34.1 Å². The molecule has 0 aliphatic rings. The third-order valence-corrected chi connectivity index (χ3v) is 4.12. The van der Waals surface area contributed by atoms with Gasteiger partial charge in [0.2, 0.25) is 5.12 Å². The largest absolute Gasteiger partial charge is 0.506 e. The summed E-state index contributed by atoms with van der Waals surface area (Å²) in [6, 6.07) is 6.49. The van der Waals surface area contributed by atoms with Crippen LogP contribution >= 0.6 is 11.8 Å². The molecular formula is C18H15NO4S. The zero-order valence-electron chi connectivity index (χ0n) is 13.2. The summed E-state index contributed by atoms with van der Waals surface area (Å²) < 4.78 is 5.04. The van der Waals surface area contributed by atoms with E-state index >= 15 is 0 Å². The normalized spacial score (nSPS) is 10.0. The Bertz CT molecular complexity index is 839. The number of pyridine rings is 1. The molecule has 0 radical (unpaired) electrons. The van der Waals surface area contributed by atoms with Gasteiger partial charge in [-0.05, 0) is 19.1 Å². The molecule has 0 spiro atoms. The molecule has 0 fully saturated rings. The van der Waals surface area contributed by atoms with Crippen LogP contribution in [0.25, 0.3) is 0 Å². The Morgan fingerprint density at radius 1 is 1.38 bits per heavy atom. The second kappa shape index (κ2) is 7.66. The molecule has 1 N–H and O–H groups in total. The number of rotatable bonds is 4. The number of hydrogen-bond acceptors (Lipinski definition) is 6. The average Bonchev–Trinajstić information content (AvgIpc) is 2.55. The lowest BCUT2D eigenvalue weighted by Crippen LogP contribution is -2.06. The van der Waals surface area contributed by atoms with Gasteiger partial charge in [0.05, 0.1) is 16.8 Å². The van der Waals surface area contributed by atoms with Gasteiger partial charge in [0.25, 0.3) is 0 Å². The number of terminal acetylenes is 1. The highest BCUT2D eigenvalue weighted by atomic mass is 32.2. The number of aromatic hydroxyl groups is 1. The minimum Gasteiger partial charge on any atom is -0.506 e. The summed E-state index contributed by atoms with van der Waals surface area (Å²) in [5, 5.41) is 9.83. The number of nitrogens with zero attached hydrogens (tertiary/aromatic N) is 1. The van der Waals surface area contributed by atoms with Gasteiger partial charge >= 0.3 is 5.97 Å². The maximum Gasteiger partial charge on any atom is 0.308 e. The number of aromatic nitrogens is 1. The van der Waals surface area contributed by atoms with Crippen molar-refractivity contribution in [3.63, 3.8) is 0 Å². The maximum atomic E-state index is 12.4. The first-order valence-electron chi connectivity index (χ1n) is 7.02. The molecule has 1 aromatic carbocycles. The highest BCUT2D eigenvalue weighted by Gasteiger charge is 2.17. The number of benzene rings is 1. The molecule has 0 amide bonds. The van der Waals surface area contributed by atoms with Gasteiger partial charge in [0, 0.05) is 24.4 Å². The molecule has 24 heavy (non-hydrogen) atoms. The molecule has 2 aromatic rings. The molecule has 0 saturated heterocycles. The van der Waals surface area contributed by atoms with Gasteiger partial charge in [-0.2, -0.15) is 0 Å². The van der Waals surface area contributed by atoms with Crippen LogP contribution in [0.2, 0.25) is 0 Å². The molecule has 0 saturated carbocycles. The molecule has 6 heteroatoms. The number of aryl methyl sites for hydroxylation is 1. The number of carbonyl (C=O) groups excluding carboxylic acids is 2. The van der Waals surface area contributed by atoms with Crippen LogP contribution in [0, 0.1) is 19.3 Å². The average molecular weight is 341 g/mol. The van der Waals surface area contributed by atoms with Crippen molar-refractivity contribution in [2.45, 2.75) is 19.6 Å². The standard InChI is InChI=1S/C18H15NO4S/c1-4-13-9-19-11(2)17(21)15(13)10-24-18(22)14-7-5-6-8-16(14)23-12(3)20/h1,5-9,21H,10H2,2-3H3. The van der Waals surface area contributed by atoms with Gasteiger partial charge in [-0.15, -0.1) is 6.42 Å². The van der Waals surface area contributed by atoms with Crippen molar-refractivity contribution in [3.8, 4) is 23.8 Å². The van der Waals surface area contributed by atoms with Crippen molar-refractivity contribution in [2.24, 2.45) is 0 Å². The molecule has 1 heterocycles. The minimum atomic E-state index is -0.503. The first-order valence-corrected chi connectivity index (χ1v) is 8.01. The van der Waals surface area contributed by atoms with E-state index in [1.165, 1.54) is 13.1 Å². The first-order chi connectivity index (χ1) is 11.4. The number of esters is 1. The van der Waals surface area contributed by atoms with Crippen LogP contribution in [0.15, 0.2) is 30.5 Å². The lowest BCUT2D eigenvalue weighted by Gasteiger charge is -2.10. The molecule has 0 unspecified atom stereocenters. The van der Waals surface area contributed by atoms with Gasteiger partial charge < -0.3 is 9.84 Å². The van der Waals surface area contributed by atoms with E-state index in [4.69, 9.17) is 11.2 Å². The Morgan fingerprint density at radius 2 is 2.08 bits per heavy atom. The van der Waals surface area contributed by atoms with E-state index in [1.54, 1.807) is 31.2 Å². The highest BCUT2D eigenvalue weighted by molar-refractivity contribution is 8.13. The molecule has 5 nitrogen and oxygen atoms in total. The fourth-order valence-corrected chi connectivity index (χ4v) is 2.90. The van der Waals surface area contributed by atoms with E-state index in [1.807, 2.05) is 0 Å². The van der Waals surface area contributed by atoms with Gasteiger partial charge in [-0.25, -0.2) is 0 Å². The fraction of sp³-hybridized carbons (Fsp3) is 0.167. The lowest BCUT2D eigenvalue weighted by molar-refractivity contribution is -0.131. The van der Waals surface area contributed by atoms with Crippen LogP contribution in [-0.4, -0.2) is 21.2 Å². The number of ether oxygens (including phenoxy) is 1. The van der Waals surface area contributed by atoms with E-state index in [2.05, 4.69) is 10.9 Å². The topological polar surface area (TPSA) is 76.5 Å². The number of para-hydroxylation sites is 1. The molecular weight excluding hydrogens is 326 g/mol. The first kappa shape index (κ1) is 17.6. The van der Waals surface area contributed by atoms with Crippen LogP contribution in [-0.2, 0) is 10.5 Å². The van der Waals surface area contributed by atoms with Crippen LogP contribution in [0.3, 0.4) is 0 Å². The van der Waals surface area contributed by atoms with Gasteiger partial charge in [-0.1, -0.05) is 29.8 Å². The van der Waals surface area contributed by atoms with Crippen molar-refractivity contribution < 1.29 is 19.4 Å². The van der Waals surface area contributed by atoms with Crippen LogP contribution < -0.4 is 4.74 Å². The predicted octanol–water partition coefficient (Wildman–Crippen LogP) is 3.08. The third kappa shape index (κ3) is 3.94. The molecule has 0 aliphatic carbocycles. The summed E-state index contributed by atoms with van der Waals surface area (Å²) in [6.45, 7) is 2.92. The number of hydrogen-bond donors (Lipinski definition) is 1. The smallest absolute Gasteiger partial charge is 0.308 e. The molecule has 2 rings (SSSR count). The summed E-state index contributed by atoms with van der Waals surface area (Å²) in [4.78, 5) is 27.6. The lowest BCUT2D eigenvalue weighted by atomic mass is 10.1. The zero-order chi connectivity index (χ0) is 17.7. The molecule has 0 bridgehead atoms. The van der Waals surface area contributed by atoms with Gasteiger partial charge in [0.1, 0.15) is 11.5 Å². The molecule has 0 atom stereocenters. The Hall–Kier alpha value is -2.78. The SMILES string of the molecule is C#Cc1cnc(C)c(O)c1CSC(=O)c1ccccc1OC(C)=O. The molecule has 1 aromatic heterocycles. The number of carbonyl (C=O) groups is 2. The Morgan fingerprint density at radius 3 is 2.75 bits per heavy atom. The monoisotopic (exact) mass is 341 g/mol. The second-order valence-electron chi connectivity index (χ2n) is 4.89. The van der Waals surface area contributed by atoms with E-state index < -0.39 is 5.97 Å². The Kier molecular flexibility index (Phi) is 5.61. The zero-order valence-corrected chi connectivity index (χ0v) is 14.0. The molecule has 0 aliphatic heterocycles. The van der Waals surface area contributed by atoms with E-state index in [0.717, 1.165) is 11.8 Å². The van der Waals surface area contributed by atoms with Crippen molar-refractivity contribution in [2.75, 3.05) is 0 Å². The van der Waals surface area contributed by atoms with Gasteiger partial charge in [-0.3, -0.25) is 14.6 Å². The number of thioether (sulfide) groups is 1. The van der Waals surface area contributed by atoms with Crippen LogP contribution in [0.4, 0.5) is 0 Å². The predicted molar refractivity (Wildman–Crippen MR) is 92.0 cm³/mol. The summed E-state index contributed by atoms with van der Waals surface area (Å²) in [7, 11) is 0. The minimum absolute atomic E-state index is 0.0148. The van der Waals surface area contributed by atoms with Crippen molar-refractivity contribution >= 4 is 22.8 Å². The molecule has 122 valence electrons. The van der Waals surface area contributed by atoms with Crippen molar-refractivity contribution in [3.05, 3.63) is 52.8 Å². The Balaban J connectivity index is 2.23. The van der Waals surface area contributed by atoms with Crippen molar-refractivity contribution in [1.82, 2.24) is 4.98 Å². The van der Waals surface area contributed by atoms with E-state index in [0.29, 0.717) is 16.8 Å². The quantitative estimate of drug-likeness (QED) is 0.523. The van der Waals surface area contributed by atoms with Crippen molar-refractivity contribution in [1.29, 1.82) is 0 Å². The summed E-state index contributed by atoms with van der Waals surface area (Å²) in [5.74, 6) is 2.32. The summed E-state index contributed by atoms with van der Waals surface area (Å²) in [5.41, 5.74) is 1.64. The summed E-state index contributed by atoms with van der Waals surface area (Å²) >= 11 is 0.963. The third-order valence-electron chi connectivity index (χ3n) is 3.20. The summed E-state index contributed by atoms with van der Waals surface area (Å²) in [6.07, 6.45) is 6.90. The maximum absolute atomic E-state index is 12.4. The Labute approximate surface area is 144 Å². The van der Waals surface area contributed by atoms with Crippen LogP contribution in [0.5, 0.6) is 11.5 Å². The fourth-order valence-electron chi connectivity index (χ4n) is 2.01. The van der Waals surface area contributed by atoms with Gasteiger partial charge in [0.15, 0.2) is 0 Å².